The Labute approximate surface area is 192 Å². The monoisotopic (exact) mass is 520 g/mol. The molecule has 7 nitrogen and oxygen atoms in total. The van der Waals surface area contributed by atoms with E-state index in [9.17, 15) is 10.1 Å². The number of hydrogen-bond donors (Lipinski definition) is 0. The summed E-state index contributed by atoms with van der Waals surface area (Å²) in [4.78, 5) is 14.6. The Kier molecular flexibility index (Phi) is 4.82. The van der Waals surface area contributed by atoms with E-state index in [0.29, 0.717) is 12.1 Å². The fourth-order valence-corrected chi connectivity index (χ4v) is 4.68. The third kappa shape index (κ3) is 3.31. The Balaban J connectivity index is 1.75. The number of alkyl halides is 1. The third-order valence-corrected chi connectivity index (χ3v) is 6.32. The molecule has 1 atom stereocenters. The van der Waals surface area contributed by atoms with Gasteiger partial charge in [-0.3, -0.25) is 13.9 Å². The summed E-state index contributed by atoms with van der Waals surface area (Å²) in [6.45, 7) is 2.61. The Bertz CT molecular complexity index is 1380. The van der Waals surface area contributed by atoms with Crippen molar-refractivity contribution < 1.29 is 0 Å². The lowest BCUT2D eigenvalue weighted by Crippen LogP contribution is -2.22. The lowest BCUT2D eigenvalue weighted by molar-refractivity contribution is 0.842. The van der Waals surface area contributed by atoms with E-state index in [-0.39, 0.29) is 9.48 Å². The predicted molar refractivity (Wildman–Crippen MR) is 127 cm³/mol. The van der Waals surface area contributed by atoms with Gasteiger partial charge in [0.25, 0.3) is 5.56 Å². The molecule has 0 radical (unpaired) electrons. The number of aromatic nitrogens is 4. The van der Waals surface area contributed by atoms with Gasteiger partial charge in [0.15, 0.2) is 5.82 Å². The number of aryl methyl sites for hydroxylation is 1. The van der Waals surface area contributed by atoms with Gasteiger partial charge in [0.05, 0.1) is 32.6 Å². The minimum atomic E-state index is -0.0890. The first-order valence-electron chi connectivity index (χ1n) is 9.73. The van der Waals surface area contributed by atoms with E-state index in [0.717, 1.165) is 34.4 Å². The second kappa shape index (κ2) is 7.67. The van der Waals surface area contributed by atoms with Crippen molar-refractivity contribution in [3.05, 3.63) is 94.4 Å². The molecule has 1 aliphatic rings. The van der Waals surface area contributed by atoms with E-state index in [1.54, 1.807) is 22.9 Å². The second-order valence-corrected chi connectivity index (χ2v) is 8.76. The van der Waals surface area contributed by atoms with Crippen LogP contribution in [-0.4, -0.2) is 25.9 Å². The molecule has 0 spiro atoms. The third-order valence-electron chi connectivity index (χ3n) is 5.37. The highest BCUT2D eigenvalue weighted by atomic mass is 127. The highest BCUT2D eigenvalue weighted by Gasteiger charge is 2.29. The zero-order chi connectivity index (χ0) is 21.5. The summed E-state index contributed by atoms with van der Waals surface area (Å²) in [6.07, 6.45) is 1.77. The highest BCUT2D eigenvalue weighted by Crippen LogP contribution is 2.41. The van der Waals surface area contributed by atoms with Crippen molar-refractivity contribution in [2.45, 2.75) is 10.8 Å². The molecular weight excluding hydrogens is 503 g/mol. The van der Waals surface area contributed by atoms with Crippen LogP contribution in [0.3, 0.4) is 0 Å². The number of anilines is 2. The number of pyridine rings is 1. The molecule has 152 valence electrons. The summed E-state index contributed by atoms with van der Waals surface area (Å²) in [5, 5.41) is 17.9. The van der Waals surface area contributed by atoms with E-state index >= 15 is 0 Å². The van der Waals surface area contributed by atoms with Crippen LogP contribution in [-0.2, 0) is 0 Å². The number of nitrogens with zero attached hydrogens (tertiary/aromatic N) is 6. The molecule has 0 aliphatic carbocycles. The molecule has 5 rings (SSSR count). The van der Waals surface area contributed by atoms with Gasteiger partial charge in [-0.25, -0.2) is 0 Å². The van der Waals surface area contributed by atoms with Gasteiger partial charge < -0.3 is 4.90 Å². The topological polar surface area (TPSA) is 79.7 Å². The maximum atomic E-state index is 12.4. The molecule has 4 aromatic rings. The lowest BCUT2D eigenvalue weighted by Gasteiger charge is -2.27. The van der Waals surface area contributed by atoms with Gasteiger partial charge in [-0.1, -0.05) is 28.7 Å². The van der Waals surface area contributed by atoms with Crippen LogP contribution in [0.2, 0.25) is 0 Å². The summed E-state index contributed by atoms with van der Waals surface area (Å²) in [6, 6.07) is 20.8. The Morgan fingerprint density at radius 3 is 2.55 bits per heavy atom. The molecule has 0 N–H and O–H groups in total. The number of fused-ring (bicyclic) bond motifs is 3. The molecule has 2 aromatic heterocycles. The first kappa shape index (κ1) is 19.5. The number of hydrogen-bond acceptors (Lipinski definition) is 5. The molecule has 0 bridgehead atoms. The van der Waals surface area contributed by atoms with Gasteiger partial charge in [0, 0.05) is 24.5 Å². The molecule has 3 heterocycles. The van der Waals surface area contributed by atoms with E-state index in [2.05, 4.69) is 48.3 Å². The van der Waals surface area contributed by atoms with E-state index < -0.39 is 0 Å². The van der Waals surface area contributed by atoms with E-state index in [4.69, 9.17) is 0 Å². The van der Waals surface area contributed by atoms with Crippen LogP contribution in [0.4, 0.5) is 11.4 Å². The predicted octanol–water partition coefficient (Wildman–Crippen LogP) is 4.23. The van der Waals surface area contributed by atoms with Gasteiger partial charge in [-0.05, 0) is 55.5 Å². The molecule has 0 amide bonds. The van der Waals surface area contributed by atoms with Crippen molar-refractivity contribution in [1.82, 2.24) is 19.3 Å². The van der Waals surface area contributed by atoms with Crippen LogP contribution >= 0.6 is 22.6 Å². The van der Waals surface area contributed by atoms with Crippen molar-refractivity contribution >= 4 is 34.0 Å². The zero-order valence-corrected chi connectivity index (χ0v) is 18.8. The van der Waals surface area contributed by atoms with E-state index in [1.165, 1.54) is 0 Å². The summed E-state index contributed by atoms with van der Waals surface area (Å²) < 4.78 is 3.79. The largest absolute Gasteiger partial charge is 0.338 e. The Hall–Kier alpha value is -3.45. The number of halogens is 1. The Morgan fingerprint density at radius 1 is 1.03 bits per heavy atom. The second-order valence-electron chi connectivity index (χ2n) is 7.26. The average Bonchev–Trinajstić information content (AvgIpc) is 3.13. The summed E-state index contributed by atoms with van der Waals surface area (Å²) in [5.74, 6) is 1.70. The van der Waals surface area contributed by atoms with Crippen LogP contribution in [0.5, 0.6) is 0 Å². The fraction of sp³-hybridized carbons (Fsp3) is 0.130. The Morgan fingerprint density at radius 2 is 1.81 bits per heavy atom. The fourth-order valence-electron chi connectivity index (χ4n) is 3.89. The van der Waals surface area contributed by atoms with Gasteiger partial charge in [0.1, 0.15) is 5.82 Å². The maximum absolute atomic E-state index is 12.4. The van der Waals surface area contributed by atoms with Crippen molar-refractivity contribution in [3.63, 3.8) is 0 Å². The molecule has 31 heavy (non-hydrogen) atoms. The highest BCUT2D eigenvalue weighted by molar-refractivity contribution is 14.1. The normalized spacial score (nSPS) is 15.0. The van der Waals surface area contributed by atoms with Crippen LogP contribution in [0.25, 0.3) is 11.4 Å². The van der Waals surface area contributed by atoms with Crippen LogP contribution in [0.1, 0.15) is 21.1 Å². The summed E-state index contributed by atoms with van der Waals surface area (Å²) in [7, 11) is 0. The summed E-state index contributed by atoms with van der Waals surface area (Å²) >= 11 is 2.39. The molecule has 0 unspecified atom stereocenters. The zero-order valence-electron chi connectivity index (χ0n) is 16.6. The number of nitriles is 1. The molecule has 0 saturated carbocycles. The van der Waals surface area contributed by atoms with Gasteiger partial charge in [0.2, 0.25) is 0 Å². The maximum Gasteiger partial charge on any atom is 0.255 e. The van der Waals surface area contributed by atoms with Crippen molar-refractivity contribution in [2.75, 3.05) is 11.4 Å². The van der Waals surface area contributed by atoms with Gasteiger partial charge >= 0.3 is 0 Å². The van der Waals surface area contributed by atoms with Crippen molar-refractivity contribution in [2.24, 2.45) is 0 Å². The number of benzene rings is 2. The molecular formula is C23H17IN6O. The van der Waals surface area contributed by atoms with Crippen molar-refractivity contribution in [3.8, 4) is 17.4 Å². The molecule has 8 heteroatoms. The first-order chi connectivity index (χ1) is 15.1. The molecule has 0 fully saturated rings. The van der Waals surface area contributed by atoms with Crippen molar-refractivity contribution in [1.29, 1.82) is 5.26 Å². The summed E-state index contributed by atoms with van der Waals surface area (Å²) in [5.41, 5.74) is 4.17. The SMILES string of the molecule is Cc1nnc2n1-c1ccc(-n3ccccc3=O)cc1N(c1ccc(C#N)cc1)C[C@H]2I. The van der Waals surface area contributed by atoms with Gasteiger partial charge in [-0.15, -0.1) is 10.2 Å². The lowest BCUT2D eigenvalue weighted by atomic mass is 10.1. The van der Waals surface area contributed by atoms with Gasteiger partial charge in [-0.2, -0.15) is 5.26 Å². The van der Waals surface area contributed by atoms with E-state index in [1.807, 2.05) is 55.5 Å². The first-order valence-corrected chi connectivity index (χ1v) is 11.0. The van der Waals surface area contributed by atoms with Crippen LogP contribution in [0.15, 0.2) is 71.7 Å². The standard InChI is InChI=1S/C23H17IN6O/c1-15-26-27-23-19(24)14-29(17-7-5-16(13-25)6-8-17)21-12-18(9-10-20(21)30(15)23)28-11-3-2-4-22(28)31/h2-12,19H,14H2,1H3/t19-/m1/s1. The quantitative estimate of drug-likeness (QED) is 0.292. The van der Waals surface area contributed by atoms with Crippen LogP contribution < -0.4 is 10.5 Å². The average molecular weight is 520 g/mol. The number of rotatable bonds is 2. The smallest absolute Gasteiger partial charge is 0.255 e. The minimum absolute atomic E-state index is 0.0877. The molecule has 0 saturated heterocycles. The molecule has 2 aromatic carbocycles. The molecule has 1 aliphatic heterocycles. The minimum Gasteiger partial charge on any atom is -0.338 e. The van der Waals surface area contributed by atoms with Crippen LogP contribution in [0, 0.1) is 18.3 Å².